The maximum atomic E-state index is 10.3. The minimum atomic E-state index is -1.22. The van der Waals surface area contributed by atoms with E-state index >= 15 is 0 Å². The van der Waals surface area contributed by atoms with E-state index in [-0.39, 0.29) is 18.6 Å². The van der Waals surface area contributed by atoms with Gasteiger partial charge in [0.15, 0.2) is 6.29 Å². The van der Waals surface area contributed by atoms with Gasteiger partial charge in [0.25, 0.3) is 0 Å². The van der Waals surface area contributed by atoms with Crippen molar-refractivity contribution in [2.45, 2.75) is 49.5 Å². The van der Waals surface area contributed by atoms with Crippen LogP contribution in [0.25, 0.3) is 0 Å². The molecule has 2 fully saturated rings. The zero-order valence-electron chi connectivity index (χ0n) is 9.05. The standard InChI is InChI=1S/C10H18O5/c1-13-8(14-2)5-10(12)7(11)4-3-6-9(10)15-6/h6-9,11-12H,3-5H2,1-2H3/t6-,7-,9-,10+/m0/s1. The van der Waals surface area contributed by atoms with Crippen molar-refractivity contribution in [1.82, 2.24) is 0 Å². The maximum absolute atomic E-state index is 10.3. The Balaban J connectivity index is 2.03. The molecule has 1 aliphatic carbocycles. The van der Waals surface area contributed by atoms with Crippen LogP contribution in [-0.4, -0.2) is 54.6 Å². The van der Waals surface area contributed by atoms with Crippen LogP contribution in [0.2, 0.25) is 0 Å². The molecule has 0 aromatic rings. The minimum absolute atomic E-state index is 0.104. The molecule has 1 heterocycles. The molecule has 15 heavy (non-hydrogen) atoms. The predicted molar refractivity (Wildman–Crippen MR) is 51.3 cm³/mol. The Morgan fingerprint density at radius 3 is 2.67 bits per heavy atom. The summed E-state index contributed by atoms with van der Waals surface area (Å²) in [5.74, 6) is 0. The van der Waals surface area contributed by atoms with Crippen molar-refractivity contribution in [1.29, 1.82) is 0 Å². The van der Waals surface area contributed by atoms with Crippen molar-refractivity contribution in [3.05, 3.63) is 0 Å². The second-order valence-corrected chi connectivity index (χ2v) is 4.28. The fraction of sp³-hybridized carbons (Fsp3) is 1.00. The van der Waals surface area contributed by atoms with E-state index in [4.69, 9.17) is 14.2 Å². The number of epoxide rings is 1. The van der Waals surface area contributed by atoms with Gasteiger partial charge in [-0.2, -0.15) is 0 Å². The molecule has 0 unspecified atom stereocenters. The summed E-state index contributed by atoms with van der Waals surface area (Å²) in [5.41, 5.74) is -1.22. The van der Waals surface area contributed by atoms with Gasteiger partial charge >= 0.3 is 0 Å². The Labute approximate surface area is 88.9 Å². The molecule has 88 valence electrons. The normalized spacial score (nSPS) is 44.2. The summed E-state index contributed by atoms with van der Waals surface area (Å²) < 4.78 is 15.4. The van der Waals surface area contributed by atoms with Gasteiger partial charge in [-0.3, -0.25) is 0 Å². The zero-order valence-corrected chi connectivity index (χ0v) is 9.05. The fourth-order valence-electron chi connectivity index (χ4n) is 2.35. The van der Waals surface area contributed by atoms with Crippen molar-refractivity contribution in [3.63, 3.8) is 0 Å². The average molecular weight is 218 g/mol. The minimum Gasteiger partial charge on any atom is -0.390 e. The van der Waals surface area contributed by atoms with Gasteiger partial charge in [0.05, 0.1) is 12.2 Å². The molecule has 0 radical (unpaired) electrons. The summed E-state index contributed by atoms with van der Waals surface area (Å²) >= 11 is 0. The van der Waals surface area contributed by atoms with Crippen LogP contribution in [-0.2, 0) is 14.2 Å². The third-order valence-electron chi connectivity index (χ3n) is 3.40. The smallest absolute Gasteiger partial charge is 0.159 e. The molecule has 0 amide bonds. The molecule has 5 nitrogen and oxygen atoms in total. The van der Waals surface area contributed by atoms with E-state index in [9.17, 15) is 10.2 Å². The molecule has 0 aromatic carbocycles. The molecule has 2 rings (SSSR count). The van der Waals surface area contributed by atoms with Crippen LogP contribution in [0, 0.1) is 0 Å². The topological polar surface area (TPSA) is 71.5 Å². The summed E-state index contributed by atoms with van der Waals surface area (Å²) in [7, 11) is 3.02. The maximum Gasteiger partial charge on any atom is 0.159 e. The van der Waals surface area contributed by atoms with E-state index in [0.29, 0.717) is 6.42 Å². The van der Waals surface area contributed by atoms with Gasteiger partial charge in [0.1, 0.15) is 11.7 Å². The first kappa shape index (κ1) is 11.3. The van der Waals surface area contributed by atoms with Gasteiger partial charge in [0.2, 0.25) is 0 Å². The lowest BCUT2D eigenvalue weighted by atomic mass is 9.80. The summed E-state index contributed by atoms with van der Waals surface area (Å²) in [6.45, 7) is 0. The highest BCUT2D eigenvalue weighted by Crippen LogP contribution is 2.45. The van der Waals surface area contributed by atoms with E-state index in [1.54, 1.807) is 0 Å². The summed E-state index contributed by atoms with van der Waals surface area (Å²) in [4.78, 5) is 0. The van der Waals surface area contributed by atoms with Gasteiger partial charge in [-0.25, -0.2) is 0 Å². The highest BCUT2D eigenvalue weighted by Gasteiger charge is 2.61. The molecule has 1 saturated heterocycles. The SMILES string of the molecule is COC(C[C@@]1(O)[C@@H](O)CC[C@@H]2O[C@@H]21)OC. The number of methoxy groups -OCH3 is 2. The Hall–Kier alpha value is -0.200. The van der Waals surface area contributed by atoms with Crippen LogP contribution < -0.4 is 0 Å². The Morgan fingerprint density at radius 1 is 1.40 bits per heavy atom. The molecule has 1 saturated carbocycles. The van der Waals surface area contributed by atoms with Crippen molar-refractivity contribution >= 4 is 0 Å². The van der Waals surface area contributed by atoms with Crippen LogP contribution in [0.5, 0.6) is 0 Å². The van der Waals surface area contributed by atoms with Crippen LogP contribution in [0.1, 0.15) is 19.3 Å². The Kier molecular flexibility index (Phi) is 3.00. The first-order valence-electron chi connectivity index (χ1n) is 5.23. The second kappa shape index (κ2) is 3.99. The largest absolute Gasteiger partial charge is 0.390 e. The number of fused-ring (bicyclic) bond motifs is 1. The van der Waals surface area contributed by atoms with Crippen molar-refractivity contribution in [2.75, 3.05) is 14.2 Å². The van der Waals surface area contributed by atoms with Gasteiger partial charge in [-0.05, 0) is 12.8 Å². The highest BCUT2D eigenvalue weighted by molar-refractivity contribution is 5.09. The van der Waals surface area contributed by atoms with Crippen LogP contribution >= 0.6 is 0 Å². The second-order valence-electron chi connectivity index (χ2n) is 4.28. The molecule has 0 aromatic heterocycles. The van der Waals surface area contributed by atoms with Gasteiger partial charge in [0, 0.05) is 20.6 Å². The van der Waals surface area contributed by atoms with E-state index in [2.05, 4.69) is 0 Å². The Bertz CT molecular complexity index is 226. The van der Waals surface area contributed by atoms with Crippen molar-refractivity contribution in [2.24, 2.45) is 0 Å². The van der Waals surface area contributed by atoms with Crippen molar-refractivity contribution in [3.8, 4) is 0 Å². The fourth-order valence-corrected chi connectivity index (χ4v) is 2.35. The highest BCUT2D eigenvalue weighted by atomic mass is 16.7. The summed E-state index contributed by atoms with van der Waals surface area (Å²) in [5, 5.41) is 20.2. The van der Waals surface area contributed by atoms with Crippen LogP contribution in [0.4, 0.5) is 0 Å². The number of hydrogen-bond donors (Lipinski definition) is 2. The van der Waals surface area contributed by atoms with E-state index in [0.717, 1.165) is 6.42 Å². The number of aliphatic hydroxyl groups excluding tert-OH is 1. The lowest BCUT2D eigenvalue weighted by molar-refractivity contribution is -0.179. The molecule has 1 aliphatic heterocycles. The first-order chi connectivity index (χ1) is 7.11. The van der Waals surface area contributed by atoms with E-state index < -0.39 is 18.0 Å². The Morgan fingerprint density at radius 2 is 2.07 bits per heavy atom. The van der Waals surface area contributed by atoms with Crippen LogP contribution in [0.15, 0.2) is 0 Å². The van der Waals surface area contributed by atoms with Gasteiger partial charge < -0.3 is 24.4 Å². The van der Waals surface area contributed by atoms with E-state index in [1.807, 2.05) is 0 Å². The number of hydrogen-bond acceptors (Lipinski definition) is 5. The molecule has 0 bridgehead atoms. The van der Waals surface area contributed by atoms with Crippen LogP contribution in [0.3, 0.4) is 0 Å². The molecular formula is C10H18O5. The number of aliphatic hydroxyl groups is 2. The molecule has 2 aliphatic rings. The number of rotatable bonds is 4. The van der Waals surface area contributed by atoms with E-state index in [1.165, 1.54) is 14.2 Å². The third kappa shape index (κ3) is 1.90. The zero-order chi connectivity index (χ0) is 11.1. The molecule has 4 atom stereocenters. The molecular weight excluding hydrogens is 200 g/mol. The first-order valence-corrected chi connectivity index (χ1v) is 5.23. The predicted octanol–water partition coefficient (Wildman–Crippen LogP) is -0.351. The third-order valence-corrected chi connectivity index (χ3v) is 3.40. The van der Waals surface area contributed by atoms with Gasteiger partial charge in [-0.1, -0.05) is 0 Å². The molecule has 2 N–H and O–H groups in total. The average Bonchev–Trinajstić information content (AvgIpc) is 3.01. The quantitative estimate of drug-likeness (QED) is 0.498. The molecule has 5 heteroatoms. The molecule has 0 spiro atoms. The monoisotopic (exact) mass is 218 g/mol. The lowest BCUT2D eigenvalue weighted by Crippen LogP contribution is -2.53. The summed E-state index contributed by atoms with van der Waals surface area (Å²) in [6.07, 6.45) is 0.210. The number of ether oxygens (including phenoxy) is 3. The summed E-state index contributed by atoms with van der Waals surface area (Å²) in [6, 6.07) is 0. The van der Waals surface area contributed by atoms with Crippen molar-refractivity contribution < 1.29 is 24.4 Å². The lowest BCUT2D eigenvalue weighted by Gasteiger charge is -2.36. The van der Waals surface area contributed by atoms with Gasteiger partial charge in [-0.15, -0.1) is 0 Å².